The standard InChI is InChI=1S/C24H31ClN4O2/c1-18(30)27-20-9-7-8-19(16-20)22-11-10-21(17-23(22)25)28-24(31)26-12-3-6-15-29-13-4-2-5-14-29/h7-11,16-17H,2-6,12-15H2,1H3,(H,27,30)(H2,26,28,31). The van der Waals surface area contributed by atoms with E-state index in [-0.39, 0.29) is 11.9 Å². The van der Waals surface area contributed by atoms with E-state index in [9.17, 15) is 9.59 Å². The molecule has 3 rings (SSSR count). The average Bonchev–Trinajstić information content (AvgIpc) is 2.74. The van der Waals surface area contributed by atoms with E-state index in [1.807, 2.05) is 36.4 Å². The number of hydrogen-bond acceptors (Lipinski definition) is 3. The van der Waals surface area contributed by atoms with E-state index in [0.29, 0.717) is 22.9 Å². The summed E-state index contributed by atoms with van der Waals surface area (Å²) < 4.78 is 0. The molecule has 7 heteroatoms. The molecule has 2 aromatic carbocycles. The van der Waals surface area contributed by atoms with Crippen LogP contribution >= 0.6 is 11.6 Å². The average molecular weight is 443 g/mol. The van der Waals surface area contributed by atoms with Crippen LogP contribution < -0.4 is 16.0 Å². The molecule has 3 amide bonds. The smallest absolute Gasteiger partial charge is 0.319 e. The van der Waals surface area contributed by atoms with Crippen LogP contribution in [0.3, 0.4) is 0 Å². The molecule has 0 radical (unpaired) electrons. The van der Waals surface area contributed by atoms with Crippen LogP contribution in [0.15, 0.2) is 42.5 Å². The fraction of sp³-hybridized carbons (Fsp3) is 0.417. The summed E-state index contributed by atoms with van der Waals surface area (Å²) in [7, 11) is 0. The van der Waals surface area contributed by atoms with Crippen LogP contribution in [0.25, 0.3) is 11.1 Å². The molecule has 0 saturated carbocycles. The third-order valence-electron chi connectivity index (χ3n) is 5.36. The lowest BCUT2D eigenvalue weighted by Gasteiger charge is -2.26. The highest BCUT2D eigenvalue weighted by molar-refractivity contribution is 6.33. The van der Waals surface area contributed by atoms with Gasteiger partial charge >= 0.3 is 6.03 Å². The van der Waals surface area contributed by atoms with Crippen LogP contribution in [-0.2, 0) is 4.79 Å². The maximum atomic E-state index is 12.2. The number of likely N-dealkylation sites (tertiary alicyclic amines) is 1. The van der Waals surface area contributed by atoms with Crippen LogP contribution in [0, 0.1) is 0 Å². The first-order valence-corrected chi connectivity index (χ1v) is 11.3. The highest BCUT2D eigenvalue weighted by Gasteiger charge is 2.10. The fourth-order valence-corrected chi connectivity index (χ4v) is 4.11. The van der Waals surface area contributed by atoms with Crippen molar-refractivity contribution < 1.29 is 9.59 Å². The molecule has 6 nitrogen and oxygen atoms in total. The second-order valence-corrected chi connectivity index (χ2v) is 8.35. The van der Waals surface area contributed by atoms with Crippen LogP contribution in [0.2, 0.25) is 5.02 Å². The number of carbonyl (C=O) groups is 2. The minimum atomic E-state index is -0.227. The molecule has 31 heavy (non-hydrogen) atoms. The summed E-state index contributed by atoms with van der Waals surface area (Å²) in [6.07, 6.45) is 6.03. The van der Waals surface area contributed by atoms with Crippen molar-refractivity contribution in [2.45, 2.75) is 39.0 Å². The van der Waals surface area contributed by atoms with Gasteiger partial charge in [0.2, 0.25) is 5.91 Å². The normalized spacial score (nSPS) is 14.1. The van der Waals surface area contributed by atoms with Gasteiger partial charge in [-0.3, -0.25) is 4.79 Å². The highest BCUT2D eigenvalue weighted by atomic mass is 35.5. The van der Waals surface area contributed by atoms with Crippen LogP contribution in [0.5, 0.6) is 0 Å². The van der Waals surface area contributed by atoms with Crippen molar-refractivity contribution in [3.8, 4) is 11.1 Å². The largest absolute Gasteiger partial charge is 0.338 e. The zero-order valence-corrected chi connectivity index (χ0v) is 18.8. The Morgan fingerprint density at radius 3 is 2.48 bits per heavy atom. The van der Waals surface area contributed by atoms with Gasteiger partial charge in [-0.15, -0.1) is 0 Å². The Balaban J connectivity index is 1.46. The summed E-state index contributed by atoms with van der Waals surface area (Å²) in [5.74, 6) is -0.125. The number of amides is 3. The van der Waals surface area contributed by atoms with Crippen LogP contribution in [-0.4, -0.2) is 43.0 Å². The number of urea groups is 1. The fourth-order valence-electron chi connectivity index (χ4n) is 3.82. The van der Waals surface area contributed by atoms with Gasteiger partial charge in [-0.25, -0.2) is 4.79 Å². The van der Waals surface area contributed by atoms with Gasteiger partial charge in [0.05, 0.1) is 5.02 Å². The number of unbranched alkanes of at least 4 members (excludes halogenated alkanes) is 1. The first-order chi connectivity index (χ1) is 15.0. The van der Waals surface area contributed by atoms with Gasteiger partial charge in [-0.1, -0.05) is 36.2 Å². The van der Waals surface area contributed by atoms with Crippen LogP contribution in [0.4, 0.5) is 16.2 Å². The van der Waals surface area contributed by atoms with Crippen molar-refractivity contribution in [3.63, 3.8) is 0 Å². The van der Waals surface area contributed by atoms with E-state index in [1.165, 1.54) is 39.3 Å². The molecular formula is C24H31ClN4O2. The highest BCUT2D eigenvalue weighted by Crippen LogP contribution is 2.31. The van der Waals surface area contributed by atoms with Gasteiger partial charge in [0.25, 0.3) is 0 Å². The minimum absolute atomic E-state index is 0.125. The molecule has 2 aromatic rings. The lowest BCUT2D eigenvalue weighted by atomic mass is 10.0. The molecule has 0 bridgehead atoms. The molecule has 1 fully saturated rings. The summed E-state index contributed by atoms with van der Waals surface area (Å²) in [6.45, 7) is 5.66. The Morgan fingerprint density at radius 2 is 1.74 bits per heavy atom. The number of benzene rings is 2. The first kappa shape index (κ1) is 23.1. The summed E-state index contributed by atoms with van der Waals surface area (Å²) in [4.78, 5) is 26.0. The van der Waals surface area contributed by atoms with E-state index in [2.05, 4.69) is 20.9 Å². The number of anilines is 2. The number of nitrogens with one attached hydrogen (secondary N) is 3. The van der Waals surface area contributed by atoms with Crippen molar-refractivity contribution in [1.82, 2.24) is 10.2 Å². The summed E-state index contributed by atoms with van der Waals surface area (Å²) in [5, 5.41) is 9.04. The Morgan fingerprint density at radius 1 is 0.968 bits per heavy atom. The number of nitrogens with zero attached hydrogens (tertiary/aromatic N) is 1. The van der Waals surface area contributed by atoms with Gasteiger partial charge in [0, 0.05) is 30.4 Å². The quantitative estimate of drug-likeness (QED) is 0.482. The summed E-state index contributed by atoms with van der Waals surface area (Å²) in [6, 6.07) is 12.7. The zero-order chi connectivity index (χ0) is 22.1. The second-order valence-electron chi connectivity index (χ2n) is 7.95. The van der Waals surface area contributed by atoms with Gasteiger partial charge < -0.3 is 20.9 Å². The van der Waals surface area contributed by atoms with E-state index in [1.54, 1.807) is 6.07 Å². The number of carbonyl (C=O) groups excluding carboxylic acids is 2. The minimum Gasteiger partial charge on any atom is -0.338 e. The monoisotopic (exact) mass is 442 g/mol. The number of piperidine rings is 1. The van der Waals surface area contributed by atoms with E-state index >= 15 is 0 Å². The molecule has 0 spiro atoms. The molecule has 0 atom stereocenters. The van der Waals surface area contributed by atoms with Gasteiger partial charge in [-0.05, 0) is 75.1 Å². The molecule has 0 aliphatic carbocycles. The third-order valence-corrected chi connectivity index (χ3v) is 5.67. The summed E-state index contributed by atoms with van der Waals surface area (Å²) >= 11 is 6.46. The van der Waals surface area contributed by atoms with Gasteiger partial charge in [0.1, 0.15) is 0 Å². The topological polar surface area (TPSA) is 73.5 Å². The van der Waals surface area contributed by atoms with E-state index in [4.69, 9.17) is 11.6 Å². The lowest BCUT2D eigenvalue weighted by molar-refractivity contribution is -0.114. The van der Waals surface area contributed by atoms with Crippen LogP contribution in [0.1, 0.15) is 39.0 Å². The zero-order valence-electron chi connectivity index (χ0n) is 18.0. The lowest BCUT2D eigenvalue weighted by Crippen LogP contribution is -2.32. The predicted molar refractivity (Wildman–Crippen MR) is 128 cm³/mol. The molecule has 3 N–H and O–H groups in total. The number of halogens is 1. The van der Waals surface area contributed by atoms with Crippen molar-refractivity contribution in [3.05, 3.63) is 47.5 Å². The van der Waals surface area contributed by atoms with Crippen molar-refractivity contribution in [2.24, 2.45) is 0 Å². The third kappa shape index (κ3) is 7.56. The Hall–Kier alpha value is -2.57. The van der Waals surface area contributed by atoms with Gasteiger partial charge in [0.15, 0.2) is 0 Å². The van der Waals surface area contributed by atoms with Crippen molar-refractivity contribution in [2.75, 3.05) is 36.8 Å². The molecule has 0 unspecified atom stereocenters. The maximum absolute atomic E-state index is 12.2. The van der Waals surface area contributed by atoms with E-state index < -0.39 is 0 Å². The molecule has 1 aliphatic heterocycles. The van der Waals surface area contributed by atoms with Crippen molar-refractivity contribution >= 4 is 34.9 Å². The van der Waals surface area contributed by atoms with Gasteiger partial charge in [-0.2, -0.15) is 0 Å². The summed E-state index contributed by atoms with van der Waals surface area (Å²) in [5.41, 5.74) is 3.07. The number of hydrogen-bond donors (Lipinski definition) is 3. The predicted octanol–water partition coefficient (Wildman–Crippen LogP) is 5.35. The second kappa shape index (κ2) is 11.7. The maximum Gasteiger partial charge on any atom is 0.319 e. The molecular weight excluding hydrogens is 412 g/mol. The Labute approximate surface area is 189 Å². The molecule has 166 valence electrons. The molecule has 0 aromatic heterocycles. The van der Waals surface area contributed by atoms with Crippen molar-refractivity contribution in [1.29, 1.82) is 0 Å². The first-order valence-electron chi connectivity index (χ1n) is 11.0. The Kier molecular flexibility index (Phi) is 8.74. The molecule has 1 heterocycles. The molecule has 1 aliphatic rings. The Bertz CT molecular complexity index is 897. The SMILES string of the molecule is CC(=O)Nc1cccc(-c2ccc(NC(=O)NCCCCN3CCCCC3)cc2Cl)c1. The van der Waals surface area contributed by atoms with E-state index in [0.717, 1.165) is 30.5 Å². The molecule has 1 saturated heterocycles. The number of rotatable bonds is 8.